The largest absolute Gasteiger partial charge is 0.480 e. The number of aliphatic carboxylic acids is 1. The Kier molecular flexibility index (Phi) is 5.81. The first-order valence-corrected chi connectivity index (χ1v) is 6.67. The second kappa shape index (κ2) is 6.89. The van der Waals surface area contributed by atoms with Gasteiger partial charge in [-0.3, -0.25) is 9.69 Å². The second-order valence-electron chi connectivity index (χ2n) is 4.81. The van der Waals surface area contributed by atoms with E-state index in [4.69, 9.17) is 0 Å². The summed E-state index contributed by atoms with van der Waals surface area (Å²) in [7, 11) is 0. The van der Waals surface area contributed by atoms with Crippen molar-refractivity contribution in [2.24, 2.45) is 5.92 Å². The second-order valence-corrected chi connectivity index (χ2v) is 4.81. The highest BCUT2D eigenvalue weighted by Gasteiger charge is 2.31. The van der Waals surface area contributed by atoms with Gasteiger partial charge in [-0.15, -0.1) is 0 Å². The highest BCUT2D eigenvalue weighted by molar-refractivity contribution is 5.73. The Morgan fingerprint density at radius 3 is 2.00 bits per heavy atom. The van der Waals surface area contributed by atoms with Crippen molar-refractivity contribution in [1.29, 1.82) is 0 Å². The van der Waals surface area contributed by atoms with Crippen LogP contribution in [0, 0.1) is 5.92 Å². The smallest absolute Gasteiger partial charge is 0.321 e. The van der Waals surface area contributed by atoms with Gasteiger partial charge in [-0.1, -0.05) is 39.5 Å². The van der Waals surface area contributed by atoms with Gasteiger partial charge in [-0.25, -0.2) is 0 Å². The molecule has 0 aromatic rings. The molecule has 0 bridgehead atoms. The van der Waals surface area contributed by atoms with Gasteiger partial charge in [0.25, 0.3) is 0 Å². The Morgan fingerprint density at radius 2 is 1.62 bits per heavy atom. The molecule has 0 aromatic heterocycles. The van der Waals surface area contributed by atoms with E-state index < -0.39 is 5.97 Å². The highest BCUT2D eigenvalue weighted by atomic mass is 16.4. The minimum atomic E-state index is -0.629. The summed E-state index contributed by atoms with van der Waals surface area (Å²) in [5.74, 6) is -0.328. The van der Waals surface area contributed by atoms with Gasteiger partial charge >= 0.3 is 5.97 Å². The summed E-state index contributed by atoms with van der Waals surface area (Å²) in [4.78, 5) is 13.6. The van der Waals surface area contributed by atoms with Crippen LogP contribution < -0.4 is 0 Å². The van der Waals surface area contributed by atoms with E-state index in [9.17, 15) is 9.90 Å². The first kappa shape index (κ1) is 13.5. The summed E-state index contributed by atoms with van der Waals surface area (Å²) in [6.07, 6.45) is 6.75. The van der Waals surface area contributed by atoms with Crippen molar-refractivity contribution in [3.63, 3.8) is 0 Å². The van der Waals surface area contributed by atoms with E-state index in [0.717, 1.165) is 38.8 Å². The van der Waals surface area contributed by atoms with Crippen LogP contribution in [0.1, 0.15) is 52.4 Å². The highest BCUT2D eigenvalue weighted by Crippen LogP contribution is 2.22. The van der Waals surface area contributed by atoms with Crippen LogP contribution in [0.15, 0.2) is 0 Å². The number of hydrogen-bond acceptors (Lipinski definition) is 2. The maximum atomic E-state index is 11.4. The van der Waals surface area contributed by atoms with E-state index in [1.54, 1.807) is 0 Å². The van der Waals surface area contributed by atoms with E-state index in [1.807, 2.05) is 0 Å². The van der Waals surface area contributed by atoms with Crippen molar-refractivity contribution in [3.05, 3.63) is 0 Å². The van der Waals surface area contributed by atoms with Crippen LogP contribution in [0.2, 0.25) is 0 Å². The average molecular weight is 227 g/mol. The SMILES string of the molecule is CCC(CC)C(C(=O)O)N1CCCCCC1. The molecular formula is C13H25NO2. The predicted molar refractivity (Wildman–Crippen MR) is 65.5 cm³/mol. The summed E-state index contributed by atoms with van der Waals surface area (Å²) in [5.41, 5.74) is 0. The number of carboxylic acid groups (broad SMARTS) is 1. The molecule has 0 aliphatic carbocycles. The van der Waals surface area contributed by atoms with Crippen molar-refractivity contribution in [2.75, 3.05) is 13.1 Å². The Morgan fingerprint density at radius 1 is 1.12 bits per heavy atom. The molecule has 1 aliphatic heterocycles. The molecule has 3 heteroatoms. The number of likely N-dealkylation sites (tertiary alicyclic amines) is 1. The fourth-order valence-corrected chi connectivity index (χ4v) is 2.76. The fourth-order valence-electron chi connectivity index (χ4n) is 2.76. The third kappa shape index (κ3) is 3.48. The van der Waals surface area contributed by atoms with Gasteiger partial charge in [-0.05, 0) is 31.8 Å². The van der Waals surface area contributed by atoms with E-state index in [0.29, 0.717) is 5.92 Å². The molecule has 1 N–H and O–H groups in total. The zero-order valence-electron chi connectivity index (χ0n) is 10.6. The summed E-state index contributed by atoms with van der Waals surface area (Å²) in [5, 5.41) is 9.41. The third-order valence-electron chi connectivity index (χ3n) is 3.78. The molecule has 0 aromatic carbocycles. The summed E-state index contributed by atoms with van der Waals surface area (Å²) >= 11 is 0. The van der Waals surface area contributed by atoms with Crippen LogP contribution in [-0.4, -0.2) is 35.1 Å². The van der Waals surface area contributed by atoms with Gasteiger partial charge in [-0.2, -0.15) is 0 Å². The van der Waals surface area contributed by atoms with Crippen LogP contribution in [0.5, 0.6) is 0 Å². The molecule has 1 heterocycles. The number of carbonyl (C=O) groups is 1. The van der Waals surface area contributed by atoms with Crippen molar-refractivity contribution < 1.29 is 9.90 Å². The van der Waals surface area contributed by atoms with Gasteiger partial charge in [0.2, 0.25) is 0 Å². The Labute approximate surface area is 98.8 Å². The van der Waals surface area contributed by atoms with Crippen molar-refractivity contribution >= 4 is 5.97 Å². The number of rotatable bonds is 5. The lowest BCUT2D eigenvalue weighted by atomic mass is 9.92. The van der Waals surface area contributed by atoms with Crippen LogP contribution in [0.4, 0.5) is 0 Å². The minimum Gasteiger partial charge on any atom is -0.480 e. The molecule has 1 saturated heterocycles. The van der Waals surface area contributed by atoms with E-state index in [1.165, 1.54) is 12.8 Å². The van der Waals surface area contributed by atoms with Crippen LogP contribution in [-0.2, 0) is 4.79 Å². The zero-order valence-corrected chi connectivity index (χ0v) is 10.6. The quantitative estimate of drug-likeness (QED) is 0.785. The molecule has 0 spiro atoms. The van der Waals surface area contributed by atoms with E-state index in [2.05, 4.69) is 18.7 Å². The lowest BCUT2D eigenvalue weighted by Gasteiger charge is -2.32. The first-order chi connectivity index (χ1) is 7.70. The van der Waals surface area contributed by atoms with Crippen molar-refractivity contribution in [3.8, 4) is 0 Å². The Hall–Kier alpha value is -0.570. The molecule has 1 aliphatic rings. The summed E-state index contributed by atoms with van der Waals surface area (Å²) in [6.45, 7) is 6.13. The first-order valence-electron chi connectivity index (χ1n) is 6.67. The number of hydrogen-bond donors (Lipinski definition) is 1. The van der Waals surface area contributed by atoms with Crippen molar-refractivity contribution in [2.45, 2.75) is 58.4 Å². The lowest BCUT2D eigenvalue weighted by Crippen LogP contribution is -2.46. The predicted octanol–water partition coefficient (Wildman–Crippen LogP) is 2.75. The van der Waals surface area contributed by atoms with E-state index in [-0.39, 0.29) is 6.04 Å². The van der Waals surface area contributed by atoms with Gasteiger partial charge in [0, 0.05) is 0 Å². The topological polar surface area (TPSA) is 40.5 Å². The summed E-state index contributed by atoms with van der Waals surface area (Å²) < 4.78 is 0. The number of carboxylic acids is 1. The van der Waals surface area contributed by atoms with Crippen LogP contribution in [0.25, 0.3) is 0 Å². The molecular weight excluding hydrogens is 202 g/mol. The molecule has 1 unspecified atom stereocenters. The minimum absolute atomic E-state index is 0.256. The zero-order chi connectivity index (χ0) is 12.0. The van der Waals surface area contributed by atoms with Crippen molar-refractivity contribution in [1.82, 2.24) is 4.90 Å². The normalized spacial score (nSPS) is 20.7. The molecule has 1 fully saturated rings. The third-order valence-corrected chi connectivity index (χ3v) is 3.78. The van der Waals surface area contributed by atoms with Gasteiger partial charge < -0.3 is 5.11 Å². The molecule has 1 atom stereocenters. The van der Waals surface area contributed by atoms with Gasteiger partial charge in [0.05, 0.1) is 0 Å². The molecule has 0 amide bonds. The standard InChI is InChI=1S/C13H25NO2/c1-3-11(4-2)12(13(15)16)14-9-7-5-6-8-10-14/h11-12H,3-10H2,1-2H3,(H,15,16). The van der Waals surface area contributed by atoms with E-state index >= 15 is 0 Å². The Bertz CT molecular complexity index is 206. The van der Waals surface area contributed by atoms with Crippen LogP contribution >= 0.6 is 0 Å². The maximum Gasteiger partial charge on any atom is 0.321 e. The monoisotopic (exact) mass is 227 g/mol. The average Bonchev–Trinajstić information content (AvgIpc) is 2.53. The van der Waals surface area contributed by atoms with Crippen LogP contribution in [0.3, 0.4) is 0 Å². The molecule has 0 radical (unpaired) electrons. The molecule has 3 nitrogen and oxygen atoms in total. The molecule has 16 heavy (non-hydrogen) atoms. The molecule has 94 valence electrons. The molecule has 0 saturated carbocycles. The maximum absolute atomic E-state index is 11.4. The Balaban J connectivity index is 2.70. The van der Waals surface area contributed by atoms with Gasteiger partial charge in [0.1, 0.15) is 6.04 Å². The fraction of sp³-hybridized carbons (Fsp3) is 0.923. The number of nitrogens with zero attached hydrogens (tertiary/aromatic N) is 1. The van der Waals surface area contributed by atoms with Gasteiger partial charge in [0.15, 0.2) is 0 Å². The lowest BCUT2D eigenvalue weighted by molar-refractivity contribution is -0.145. The summed E-state index contributed by atoms with van der Waals surface area (Å²) in [6, 6.07) is -0.256. The molecule has 1 rings (SSSR count).